The molecular formula is C11H8ClFN2O2. The van der Waals surface area contributed by atoms with Gasteiger partial charge in [-0.15, -0.1) is 0 Å². The number of halogens is 2. The summed E-state index contributed by atoms with van der Waals surface area (Å²) in [6.07, 6.45) is 1.28. The van der Waals surface area contributed by atoms with Crippen LogP contribution in [0.15, 0.2) is 17.1 Å². The highest BCUT2D eigenvalue weighted by Crippen LogP contribution is 2.26. The zero-order valence-electron chi connectivity index (χ0n) is 8.67. The van der Waals surface area contributed by atoms with E-state index in [1.165, 1.54) is 6.20 Å². The Hall–Kier alpha value is -1.46. The molecule has 2 aromatic rings. The maximum Gasteiger partial charge on any atom is 0.257 e. The average molecular weight is 255 g/mol. The molecule has 0 spiro atoms. The summed E-state index contributed by atoms with van der Waals surface area (Å²) in [5.74, 6) is -0.532. The molecule has 3 heterocycles. The third kappa shape index (κ3) is 1.62. The van der Waals surface area contributed by atoms with Crippen molar-refractivity contribution in [1.82, 2.24) is 9.97 Å². The van der Waals surface area contributed by atoms with Gasteiger partial charge in [0, 0.05) is 23.2 Å². The predicted molar refractivity (Wildman–Crippen MR) is 60.9 cm³/mol. The van der Waals surface area contributed by atoms with Crippen LogP contribution in [0.3, 0.4) is 0 Å². The van der Waals surface area contributed by atoms with Gasteiger partial charge in [-0.3, -0.25) is 4.79 Å². The lowest BCUT2D eigenvalue weighted by Gasteiger charge is -2.25. The van der Waals surface area contributed by atoms with Crippen LogP contribution < -0.4 is 5.56 Å². The van der Waals surface area contributed by atoms with Gasteiger partial charge in [0.05, 0.1) is 18.6 Å². The monoisotopic (exact) mass is 254 g/mol. The Kier molecular flexibility index (Phi) is 2.38. The molecule has 0 atom stereocenters. The summed E-state index contributed by atoms with van der Waals surface area (Å²) in [4.78, 5) is 18.1. The first kappa shape index (κ1) is 10.7. The molecule has 0 saturated carbocycles. The van der Waals surface area contributed by atoms with Crippen molar-refractivity contribution >= 4 is 22.4 Å². The lowest BCUT2D eigenvalue weighted by atomic mass is 10.0. The number of pyridine rings is 2. The van der Waals surface area contributed by atoms with E-state index in [4.69, 9.17) is 16.3 Å². The number of H-pyrrole nitrogens is 1. The highest BCUT2D eigenvalue weighted by atomic mass is 35.5. The maximum atomic E-state index is 13.8. The molecule has 1 aliphatic heterocycles. The Morgan fingerprint density at radius 2 is 2.24 bits per heavy atom. The standard InChI is InChI=1S/C11H8ClFN2O2/c12-10-9(13)6-1-8(5-3-17-4-5)15-11(16)7(6)2-14-10/h1-2,5H,3-4H2,(H,15,16). The lowest BCUT2D eigenvalue weighted by Crippen LogP contribution is -2.28. The van der Waals surface area contributed by atoms with Crippen molar-refractivity contribution in [2.24, 2.45) is 0 Å². The number of aromatic amines is 1. The zero-order chi connectivity index (χ0) is 12.0. The SMILES string of the molecule is O=c1[nH]c(C2COC2)cc2c(F)c(Cl)ncc12. The lowest BCUT2D eigenvalue weighted by molar-refractivity contribution is 0.00670. The van der Waals surface area contributed by atoms with Crippen LogP contribution in [0.5, 0.6) is 0 Å². The van der Waals surface area contributed by atoms with E-state index >= 15 is 0 Å². The summed E-state index contributed by atoms with van der Waals surface area (Å²) in [5.41, 5.74) is 0.322. The normalized spacial score (nSPS) is 16.1. The average Bonchev–Trinajstić information content (AvgIpc) is 2.22. The van der Waals surface area contributed by atoms with Gasteiger partial charge in [0.1, 0.15) is 0 Å². The van der Waals surface area contributed by atoms with Gasteiger partial charge in [-0.2, -0.15) is 0 Å². The van der Waals surface area contributed by atoms with Crippen molar-refractivity contribution in [3.05, 3.63) is 39.3 Å². The second kappa shape index (κ2) is 3.78. The predicted octanol–water partition coefficient (Wildman–Crippen LogP) is 1.83. The first-order valence-electron chi connectivity index (χ1n) is 5.11. The Morgan fingerprint density at radius 1 is 1.47 bits per heavy atom. The first-order valence-corrected chi connectivity index (χ1v) is 5.49. The van der Waals surface area contributed by atoms with Crippen molar-refractivity contribution < 1.29 is 9.13 Å². The highest BCUT2D eigenvalue weighted by Gasteiger charge is 2.23. The van der Waals surface area contributed by atoms with Crippen LogP contribution in [0.1, 0.15) is 11.6 Å². The molecule has 0 aliphatic carbocycles. The van der Waals surface area contributed by atoms with E-state index < -0.39 is 5.82 Å². The molecule has 0 bridgehead atoms. The first-order chi connectivity index (χ1) is 8.16. The Bertz CT molecular complexity index is 652. The minimum Gasteiger partial charge on any atom is -0.380 e. The van der Waals surface area contributed by atoms with E-state index in [9.17, 15) is 9.18 Å². The summed E-state index contributed by atoms with van der Waals surface area (Å²) in [7, 11) is 0. The topological polar surface area (TPSA) is 55.0 Å². The van der Waals surface area contributed by atoms with E-state index in [0.717, 1.165) is 0 Å². The molecule has 4 nitrogen and oxygen atoms in total. The van der Waals surface area contributed by atoms with Crippen LogP contribution in [0.25, 0.3) is 10.8 Å². The molecule has 1 aliphatic rings. The summed E-state index contributed by atoms with van der Waals surface area (Å²) in [6, 6.07) is 1.60. The summed E-state index contributed by atoms with van der Waals surface area (Å²) < 4.78 is 18.8. The molecule has 1 saturated heterocycles. The number of hydrogen-bond acceptors (Lipinski definition) is 3. The molecule has 0 unspecified atom stereocenters. The Balaban J connectivity index is 2.29. The fourth-order valence-electron chi connectivity index (χ4n) is 1.82. The van der Waals surface area contributed by atoms with Gasteiger partial charge in [0.15, 0.2) is 11.0 Å². The van der Waals surface area contributed by atoms with E-state index in [1.54, 1.807) is 6.07 Å². The second-order valence-electron chi connectivity index (χ2n) is 3.98. The molecule has 0 amide bonds. The molecular weight excluding hydrogens is 247 g/mol. The van der Waals surface area contributed by atoms with Gasteiger partial charge in [-0.1, -0.05) is 11.6 Å². The van der Waals surface area contributed by atoms with Gasteiger partial charge in [0.25, 0.3) is 5.56 Å². The van der Waals surface area contributed by atoms with Crippen LogP contribution in [0.2, 0.25) is 5.15 Å². The molecule has 2 aromatic heterocycles. The number of aromatic nitrogens is 2. The van der Waals surface area contributed by atoms with Crippen molar-refractivity contribution in [3.8, 4) is 0 Å². The van der Waals surface area contributed by atoms with Crippen LogP contribution in [0.4, 0.5) is 4.39 Å². The Morgan fingerprint density at radius 3 is 2.88 bits per heavy atom. The van der Waals surface area contributed by atoms with E-state index in [0.29, 0.717) is 18.9 Å². The number of nitrogens with zero attached hydrogens (tertiary/aromatic N) is 1. The molecule has 0 aromatic carbocycles. The van der Waals surface area contributed by atoms with Crippen molar-refractivity contribution in [3.63, 3.8) is 0 Å². The van der Waals surface area contributed by atoms with Crippen LogP contribution in [-0.4, -0.2) is 23.2 Å². The number of fused-ring (bicyclic) bond motifs is 1. The third-order valence-corrected chi connectivity index (χ3v) is 3.16. The zero-order valence-corrected chi connectivity index (χ0v) is 9.42. The van der Waals surface area contributed by atoms with E-state index in [-0.39, 0.29) is 27.4 Å². The van der Waals surface area contributed by atoms with Gasteiger partial charge >= 0.3 is 0 Å². The van der Waals surface area contributed by atoms with Crippen molar-refractivity contribution in [2.45, 2.75) is 5.92 Å². The largest absolute Gasteiger partial charge is 0.380 e. The number of nitrogens with one attached hydrogen (secondary N) is 1. The summed E-state index contributed by atoms with van der Waals surface area (Å²) in [5, 5.41) is 0.186. The second-order valence-corrected chi connectivity index (χ2v) is 4.34. The molecule has 1 fully saturated rings. The molecule has 17 heavy (non-hydrogen) atoms. The molecule has 6 heteroatoms. The van der Waals surface area contributed by atoms with E-state index in [1.807, 2.05) is 0 Å². The van der Waals surface area contributed by atoms with Gasteiger partial charge in [-0.05, 0) is 6.07 Å². The van der Waals surface area contributed by atoms with Gasteiger partial charge in [-0.25, -0.2) is 9.37 Å². The fourth-order valence-corrected chi connectivity index (χ4v) is 1.97. The van der Waals surface area contributed by atoms with Crippen LogP contribution in [0, 0.1) is 5.82 Å². The highest BCUT2D eigenvalue weighted by molar-refractivity contribution is 6.30. The number of hydrogen-bond donors (Lipinski definition) is 1. The van der Waals surface area contributed by atoms with Crippen LogP contribution >= 0.6 is 11.6 Å². The minimum atomic E-state index is -0.656. The maximum absolute atomic E-state index is 13.8. The quantitative estimate of drug-likeness (QED) is 0.790. The van der Waals surface area contributed by atoms with Crippen molar-refractivity contribution in [2.75, 3.05) is 13.2 Å². The summed E-state index contributed by atoms with van der Waals surface area (Å²) >= 11 is 5.60. The van der Waals surface area contributed by atoms with Crippen molar-refractivity contribution in [1.29, 1.82) is 0 Å². The molecule has 88 valence electrons. The van der Waals surface area contributed by atoms with Crippen LogP contribution in [-0.2, 0) is 4.74 Å². The fraction of sp³-hybridized carbons (Fsp3) is 0.273. The third-order valence-electron chi connectivity index (χ3n) is 2.89. The number of rotatable bonds is 1. The smallest absolute Gasteiger partial charge is 0.257 e. The number of ether oxygens (including phenoxy) is 1. The molecule has 0 radical (unpaired) electrons. The Labute approximate surface area is 100 Å². The summed E-state index contributed by atoms with van der Waals surface area (Å²) in [6.45, 7) is 1.09. The van der Waals surface area contributed by atoms with E-state index in [2.05, 4.69) is 9.97 Å². The molecule has 1 N–H and O–H groups in total. The van der Waals surface area contributed by atoms with Gasteiger partial charge in [0.2, 0.25) is 0 Å². The molecule has 3 rings (SSSR count). The minimum absolute atomic E-state index is 0.124. The van der Waals surface area contributed by atoms with Gasteiger partial charge < -0.3 is 9.72 Å².